The Balaban J connectivity index is 1.83. The van der Waals surface area contributed by atoms with Gasteiger partial charge in [0.1, 0.15) is 28.2 Å². The molecule has 0 N–H and O–H groups in total. The topological polar surface area (TPSA) is 35.5 Å². The molecule has 0 spiro atoms. The van der Waals surface area contributed by atoms with E-state index in [2.05, 4.69) is 0 Å². The fraction of sp³-hybridized carbons (Fsp3) is 0.0870. The van der Waals surface area contributed by atoms with Crippen molar-refractivity contribution in [3.8, 4) is 11.5 Å². The van der Waals surface area contributed by atoms with Crippen molar-refractivity contribution in [3.05, 3.63) is 96.2 Å². The van der Waals surface area contributed by atoms with E-state index in [1.165, 1.54) is 37.5 Å². The summed E-state index contributed by atoms with van der Waals surface area (Å²) >= 11 is 30.6. The minimum Gasteiger partial charge on any atom is -0.496 e. The maximum absolute atomic E-state index is 13.0. The number of rotatable bonds is 7. The number of carbonyl (C=O) groups is 1. The van der Waals surface area contributed by atoms with Gasteiger partial charge in [0.15, 0.2) is 11.5 Å². The maximum atomic E-state index is 13.0. The van der Waals surface area contributed by atoms with Gasteiger partial charge in [-0.2, -0.15) is 0 Å². The number of allylic oxidation sites excluding steroid dienone is 1. The molecule has 3 rings (SSSR count). The number of ether oxygens (including phenoxy) is 2. The predicted octanol–water partition coefficient (Wildman–Crippen LogP) is 8.58. The highest BCUT2D eigenvalue weighted by Crippen LogP contribution is 2.48. The van der Waals surface area contributed by atoms with Crippen LogP contribution in [0.2, 0.25) is 25.1 Å². The van der Waals surface area contributed by atoms with Crippen LogP contribution in [0.3, 0.4) is 0 Å². The van der Waals surface area contributed by atoms with Crippen molar-refractivity contribution in [1.82, 2.24) is 0 Å². The number of benzene rings is 3. The molecule has 3 nitrogen and oxygen atoms in total. The zero-order valence-electron chi connectivity index (χ0n) is 16.4. The molecular formula is C23H14Cl5FO3. The summed E-state index contributed by atoms with van der Waals surface area (Å²) in [5.74, 6) is -0.0379. The minimum atomic E-state index is -0.409. The number of ketones is 1. The quantitative estimate of drug-likeness (QED) is 0.132. The summed E-state index contributed by atoms with van der Waals surface area (Å²) in [5, 5.41) is 0.157. The van der Waals surface area contributed by atoms with Crippen molar-refractivity contribution < 1.29 is 18.7 Å². The molecule has 0 fully saturated rings. The van der Waals surface area contributed by atoms with E-state index in [-0.39, 0.29) is 43.3 Å². The molecule has 0 aliphatic heterocycles. The molecule has 9 heteroatoms. The van der Waals surface area contributed by atoms with Crippen molar-refractivity contribution in [2.45, 2.75) is 6.61 Å². The van der Waals surface area contributed by atoms with Crippen molar-refractivity contribution in [3.63, 3.8) is 0 Å². The van der Waals surface area contributed by atoms with Crippen LogP contribution < -0.4 is 9.47 Å². The first kappa shape index (κ1) is 24.7. The average Bonchev–Trinajstić information content (AvgIpc) is 2.80. The van der Waals surface area contributed by atoms with E-state index in [0.717, 1.165) is 0 Å². The SMILES string of the molecule is COc1ccc(/C=C/C(=O)c2ccc(F)cc2)cc1COc1c(Cl)c(Cl)c(Cl)c(Cl)c1Cl. The van der Waals surface area contributed by atoms with Gasteiger partial charge in [-0.15, -0.1) is 0 Å². The molecule has 0 aliphatic rings. The Hall–Kier alpha value is -1.95. The van der Waals surface area contributed by atoms with E-state index in [0.29, 0.717) is 22.4 Å². The Kier molecular flexibility index (Phi) is 8.32. The molecule has 3 aromatic rings. The highest BCUT2D eigenvalue weighted by atomic mass is 35.5. The zero-order chi connectivity index (χ0) is 23.4. The summed E-state index contributed by atoms with van der Waals surface area (Å²) in [6.07, 6.45) is 3.02. The number of hydrogen-bond acceptors (Lipinski definition) is 3. The van der Waals surface area contributed by atoms with Gasteiger partial charge in [-0.3, -0.25) is 4.79 Å². The first-order chi connectivity index (χ1) is 15.2. The molecule has 0 saturated carbocycles. The van der Waals surface area contributed by atoms with Crippen LogP contribution in [0.1, 0.15) is 21.5 Å². The Labute approximate surface area is 209 Å². The fourth-order valence-electron chi connectivity index (χ4n) is 2.76. The lowest BCUT2D eigenvalue weighted by Crippen LogP contribution is -2.01. The summed E-state index contributed by atoms with van der Waals surface area (Å²) in [4.78, 5) is 12.3. The molecule has 0 heterocycles. The van der Waals surface area contributed by atoms with Gasteiger partial charge >= 0.3 is 0 Å². The molecule has 0 unspecified atom stereocenters. The van der Waals surface area contributed by atoms with Crippen LogP contribution >= 0.6 is 58.0 Å². The Morgan fingerprint density at radius 2 is 1.50 bits per heavy atom. The van der Waals surface area contributed by atoms with Gasteiger partial charge in [0.25, 0.3) is 0 Å². The van der Waals surface area contributed by atoms with Crippen LogP contribution in [0.25, 0.3) is 6.08 Å². The first-order valence-corrected chi connectivity index (χ1v) is 10.9. The van der Waals surface area contributed by atoms with Crippen LogP contribution in [0.5, 0.6) is 11.5 Å². The van der Waals surface area contributed by atoms with Crippen LogP contribution in [0.4, 0.5) is 4.39 Å². The molecule has 0 atom stereocenters. The largest absolute Gasteiger partial charge is 0.496 e. The van der Waals surface area contributed by atoms with Crippen LogP contribution in [-0.2, 0) is 6.61 Å². The molecule has 0 aromatic heterocycles. The average molecular weight is 535 g/mol. The normalized spacial score (nSPS) is 11.1. The monoisotopic (exact) mass is 532 g/mol. The predicted molar refractivity (Wildman–Crippen MR) is 129 cm³/mol. The Morgan fingerprint density at radius 1 is 0.906 bits per heavy atom. The fourth-order valence-corrected chi connectivity index (χ4v) is 3.99. The Morgan fingerprint density at radius 3 is 2.09 bits per heavy atom. The molecule has 0 amide bonds. The second-order valence-corrected chi connectivity index (χ2v) is 8.35. The number of carbonyl (C=O) groups excluding carboxylic acids is 1. The summed E-state index contributed by atoms with van der Waals surface area (Å²) in [7, 11) is 1.52. The van der Waals surface area contributed by atoms with Gasteiger partial charge in [-0.05, 0) is 48.0 Å². The lowest BCUT2D eigenvalue weighted by Gasteiger charge is -2.15. The van der Waals surface area contributed by atoms with Gasteiger partial charge in [0, 0.05) is 11.1 Å². The smallest absolute Gasteiger partial charge is 0.185 e. The van der Waals surface area contributed by atoms with Crippen LogP contribution in [-0.4, -0.2) is 12.9 Å². The lowest BCUT2D eigenvalue weighted by atomic mass is 10.1. The molecule has 0 radical (unpaired) electrons. The van der Waals surface area contributed by atoms with E-state index >= 15 is 0 Å². The van der Waals surface area contributed by atoms with Gasteiger partial charge in [0.2, 0.25) is 0 Å². The van der Waals surface area contributed by atoms with Gasteiger partial charge in [-0.1, -0.05) is 70.1 Å². The summed E-state index contributed by atoms with van der Waals surface area (Å²) < 4.78 is 24.2. The van der Waals surface area contributed by atoms with E-state index in [9.17, 15) is 9.18 Å². The molecular weight excluding hydrogens is 521 g/mol. The van der Waals surface area contributed by atoms with Crippen molar-refractivity contribution in [2.75, 3.05) is 7.11 Å². The van der Waals surface area contributed by atoms with Gasteiger partial charge < -0.3 is 9.47 Å². The van der Waals surface area contributed by atoms with Gasteiger partial charge in [-0.25, -0.2) is 4.39 Å². The van der Waals surface area contributed by atoms with Crippen LogP contribution in [0.15, 0.2) is 48.5 Å². The minimum absolute atomic E-state index is 0.0183. The number of hydrogen-bond donors (Lipinski definition) is 0. The lowest BCUT2D eigenvalue weighted by molar-refractivity contribution is 0.104. The second kappa shape index (κ2) is 10.8. The molecule has 0 bridgehead atoms. The summed E-state index contributed by atoms with van der Waals surface area (Å²) in [5.41, 5.74) is 1.74. The standard InChI is InChI=1S/C23H14Cl5FO3/c1-31-17-9-3-12(2-8-16(30)13-4-6-15(29)7-5-13)10-14(17)11-32-23-21(27)19(25)18(24)20(26)22(23)28/h2-10H,11H2,1H3/b8-2+. The highest BCUT2D eigenvalue weighted by Gasteiger charge is 2.21. The van der Waals surface area contributed by atoms with Crippen molar-refractivity contribution in [2.24, 2.45) is 0 Å². The zero-order valence-corrected chi connectivity index (χ0v) is 20.2. The van der Waals surface area contributed by atoms with Crippen LogP contribution in [0, 0.1) is 5.82 Å². The van der Waals surface area contributed by atoms with Crippen molar-refractivity contribution in [1.29, 1.82) is 0 Å². The molecule has 3 aromatic carbocycles. The molecule has 0 aliphatic carbocycles. The second-order valence-electron chi connectivity index (χ2n) is 6.46. The highest BCUT2D eigenvalue weighted by molar-refractivity contribution is 6.55. The third-order valence-corrected chi connectivity index (χ3v) is 6.64. The third-order valence-electron chi connectivity index (χ3n) is 4.40. The van der Waals surface area contributed by atoms with E-state index in [4.69, 9.17) is 67.5 Å². The maximum Gasteiger partial charge on any atom is 0.185 e. The molecule has 0 saturated heterocycles. The van der Waals surface area contributed by atoms with Crippen molar-refractivity contribution >= 4 is 69.9 Å². The molecule has 32 heavy (non-hydrogen) atoms. The first-order valence-electron chi connectivity index (χ1n) is 9.02. The Bertz CT molecular complexity index is 1160. The summed E-state index contributed by atoms with van der Waals surface area (Å²) in [6, 6.07) is 10.6. The molecule has 166 valence electrons. The van der Waals surface area contributed by atoms with Gasteiger partial charge in [0.05, 0.1) is 22.2 Å². The number of methoxy groups -OCH3 is 1. The van der Waals surface area contributed by atoms with E-state index in [1.54, 1.807) is 24.3 Å². The summed E-state index contributed by atoms with van der Waals surface area (Å²) in [6.45, 7) is 0.0183. The number of halogens is 6. The van der Waals surface area contributed by atoms with E-state index in [1.807, 2.05) is 0 Å². The third kappa shape index (κ3) is 5.51. The van der Waals surface area contributed by atoms with E-state index < -0.39 is 5.82 Å².